The highest BCUT2D eigenvalue weighted by atomic mass is 16.2. The molecule has 5 nitrogen and oxygen atoms in total. The van der Waals surface area contributed by atoms with Crippen molar-refractivity contribution in [3.05, 3.63) is 24.5 Å². The van der Waals surface area contributed by atoms with Gasteiger partial charge in [-0.3, -0.25) is 9.59 Å². The maximum Gasteiger partial charge on any atom is 0.246 e. The van der Waals surface area contributed by atoms with Crippen LogP contribution in [0.1, 0.15) is 32.2 Å². The number of rotatable bonds is 4. The van der Waals surface area contributed by atoms with Gasteiger partial charge in [-0.2, -0.15) is 0 Å². The van der Waals surface area contributed by atoms with Gasteiger partial charge in [-0.15, -0.1) is 0 Å². The van der Waals surface area contributed by atoms with Gasteiger partial charge in [0.25, 0.3) is 0 Å². The molecule has 2 heterocycles. The van der Waals surface area contributed by atoms with E-state index in [0.29, 0.717) is 13.1 Å². The Bertz CT molecular complexity index is 428. The van der Waals surface area contributed by atoms with Crippen molar-refractivity contribution < 1.29 is 9.59 Å². The third-order valence-corrected chi connectivity index (χ3v) is 3.41. The summed E-state index contributed by atoms with van der Waals surface area (Å²) < 4.78 is 1.94. The summed E-state index contributed by atoms with van der Waals surface area (Å²) in [5.41, 5.74) is 0. The lowest BCUT2D eigenvalue weighted by atomic mass is 10.1. The molecule has 0 bridgehead atoms. The third kappa shape index (κ3) is 3.36. The summed E-state index contributed by atoms with van der Waals surface area (Å²) >= 11 is 0. The van der Waals surface area contributed by atoms with E-state index in [1.807, 2.05) is 29.1 Å². The van der Waals surface area contributed by atoms with Gasteiger partial charge in [-0.05, 0) is 25.0 Å². The summed E-state index contributed by atoms with van der Waals surface area (Å²) in [6.07, 6.45) is 6.38. The lowest BCUT2D eigenvalue weighted by Gasteiger charge is -2.26. The van der Waals surface area contributed by atoms with E-state index in [0.717, 1.165) is 19.3 Å². The second kappa shape index (κ2) is 6.41. The van der Waals surface area contributed by atoms with Crippen LogP contribution in [0, 0.1) is 0 Å². The lowest BCUT2D eigenvalue weighted by Crippen LogP contribution is -2.41. The molecule has 1 saturated heterocycles. The molecule has 19 heavy (non-hydrogen) atoms. The van der Waals surface area contributed by atoms with E-state index < -0.39 is 0 Å². The molecule has 5 heteroatoms. The molecule has 1 aromatic heterocycles. The normalized spacial score (nSPS) is 17.7. The summed E-state index contributed by atoms with van der Waals surface area (Å²) in [6.45, 7) is 3.56. The van der Waals surface area contributed by atoms with E-state index in [4.69, 9.17) is 0 Å². The molecule has 0 radical (unpaired) electrons. The van der Waals surface area contributed by atoms with Crippen LogP contribution >= 0.6 is 0 Å². The Morgan fingerprint density at radius 2 is 2.16 bits per heavy atom. The lowest BCUT2D eigenvalue weighted by molar-refractivity contribution is -0.138. The summed E-state index contributed by atoms with van der Waals surface area (Å²) in [4.78, 5) is 25.8. The fourth-order valence-corrected chi connectivity index (χ4v) is 2.43. The average molecular weight is 263 g/mol. The van der Waals surface area contributed by atoms with E-state index in [-0.39, 0.29) is 24.4 Å². The molecular weight excluding hydrogens is 242 g/mol. The predicted molar refractivity (Wildman–Crippen MR) is 72.6 cm³/mol. The predicted octanol–water partition coefficient (Wildman–Crippen LogP) is 1.18. The number of carbonyl (C=O) groups is 2. The molecule has 1 N–H and O–H groups in total. The van der Waals surface area contributed by atoms with Crippen LogP contribution in [0.2, 0.25) is 0 Å². The molecule has 0 aliphatic carbocycles. The van der Waals surface area contributed by atoms with Crippen LogP contribution in [0.5, 0.6) is 0 Å². The molecule has 0 spiro atoms. The van der Waals surface area contributed by atoms with E-state index >= 15 is 0 Å². The molecule has 104 valence electrons. The Morgan fingerprint density at radius 1 is 1.42 bits per heavy atom. The van der Waals surface area contributed by atoms with Gasteiger partial charge in [-0.25, -0.2) is 0 Å². The van der Waals surface area contributed by atoms with Crippen LogP contribution in [0.4, 0.5) is 0 Å². The fraction of sp³-hybridized carbons (Fsp3) is 0.571. The van der Waals surface area contributed by atoms with Crippen LogP contribution in [0.3, 0.4) is 0 Å². The van der Waals surface area contributed by atoms with Crippen molar-refractivity contribution in [2.24, 2.45) is 0 Å². The summed E-state index contributed by atoms with van der Waals surface area (Å²) in [6, 6.07) is 3.65. The zero-order valence-electron chi connectivity index (χ0n) is 11.3. The third-order valence-electron chi connectivity index (χ3n) is 3.41. The quantitative estimate of drug-likeness (QED) is 0.887. The molecule has 0 unspecified atom stereocenters. The van der Waals surface area contributed by atoms with Crippen molar-refractivity contribution >= 4 is 11.8 Å². The first-order valence-corrected chi connectivity index (χ1v) is 6.90. The van der Waals surface area contributed by atoms with Gasteiger partial charge >= 0.3 is 0 Å². The summed E-state index contributed by atoms with van der Waals surface area (Å²) in [7, 11) is 0. The molecule has 1 aliphatic rings. The molecule has 2 amide bonds. The van der Waals surface area contributed by atoms with Crippen molar-refractivity contribution in [3.8, 4) is 0 Å². The molecule has 1 aliphatic heterocycles. The Morgan fingerprint density at radius 3 is 2.84 bits per heavy atom. The molecule has 0 aromatic carbocycles. The van der Waals surface area contributed by atoms with Gasteiger partial charge in [0.05, 0.1) is 6.54 Å². The average Bonchev–Trinajstić information content (AvgIpc) is 2.84. The highest BCUT2D eigenvalue weighted by Crippen LogP contribution is 2.18. The maximum absolute atomic E-state index is 12.6. The SMILES string of the molecule is CCC[C@H](C(=O)N1CCCNC(=O)C1)n1cccc1. The van der Waals surface area contributed by atoms with E-state index in [2.05, 4.69) is 12.2 Å². The molecule has 0 saturated carbocycles. The van der Waals surface area contributed by atoms with Crippen molar-refractivity contribution in [2.45, 2.75) is 32.2 Å². The number of nitrogens with one attached hydrogen (secondary N) is 1. The largest absolute Gasteiger partial charge is 0.354 e. The number of hydrogen-bond donors (Lipinski definition) is 1. The van der Waals surface area contributed by atoms with Gasteiger partial charge in [0.15, 0.2) is 0 Å². The van der Waals surface area contributed by atoms with Gasteiger partial charge in [0.1, 0.15) is 6.04 Å². The maximum atomic E-state index is 12.6. The monoisotopic (exact) mass is 263 g/mol. The topological polar surface area (TPSA) is 54.3 Å². The molecule has 1 aromatic rings. The second-order valence-corrected chi connectivity index (χ2v) is 4.90. The van der Waals surface area contributed by atoms with Crippen LogP contribution in [0.15, 0.2) is 24.5 Å². The number of amides is 2. The van der Waals surface area contributed by atoms with Crippen LogP contribution in [-0.2, 0) is 9.59 Å². The Labute approximate surface area is 113 Å². The minimum Gasteiger partial charge on any atom is -0.354 e. The number of nitrogens with zero attached hydrogens (tertiary/aromatic N) is 2. The highest BCUT2D eigenvalue weighted by Gasteiger charge is 2.27. The van der Waals surface area contributed by atoms with Gasteiger partial charge in [0, 0.05) is 25.5 Å². The summed E-state index contributed by atoms with van der Waals surface area (Å²) in [5.74, 6) is -0.0105. The number of aromatic nitrogens is 1. The van der Waals surface area contributed by atoms with Crippen molar-refractivity contribution in [1.29, 1.82) is 0 Å². The fourth-order valence-electron chi connectivity index (χ4n) is 2.43. The van der Waals surface area contributed by atoms with E-state index in [9.17, 15) is 9.59 Å². The summed E-state index contributed by atoms with van der Waals surface area (Å²) in [5, 5.41) is 2.80. The van der Waals surface area contributed by atoms with E-state index in [1.54, 1.807) is 4.90 Å². The first-order chi connectivity index (χ1) is 9.22. The minimum absolute atomic E-state index is 0.0510. The second-order valence-electron chi connectivity index (χ2n) is 4.90. The molecular formula is C14H21N3O2. The van der Waals surface area contributed by atoms with Crippen molar-refractivity contribution in [2.75, 3.05) is 19.6 Å². The Hall–Kier alpha value is -1.78. The van der Waals surface area contributed by atoms with Crippen LogP contribution in [-0.4, -0.2) is 40.9 Å². The van der Waals surface area contributed by atoms with Gasteiger partial charge in [-0.1, -0.05) is 13.3 Å². The standard InChI is InChI=1S/C14H21N3O2/c1-2-6-12(16-8-3-4-9-16)14(19)17-10-5-7-15-13(18)11-17/h3-4,8-9,12H,2,5-7,10-11H2,1H3,(H,15,18)/t12-/m1/s1. The zero-order valence-corrected chi connectivity index (χ0v) is 11.3. The minimum atomic E-state index is -0.189. The van der Waals surface area contributed by atoms with Gasteiger partial charge < -0.3 is 14.8 Å². The smallest absolute Gasteiger partial charge is 0.246 e. The van der Waals surface area contributed by atoms with Crippen LogP contribution < -0.4 is 5.32 Å². The van der Waals surface area contributed by atoms with Crippen LogP contribution in [0.25, 0.3) is 0 Å². The highest BCUT2D eigenvalue weighted by molar-refractivity contribution is 5.87. The van der Waals surface area contributed by atoms with Crippen molar-refractivity contribution in [1.82, 2.24) is 14.8 Å². The van der Waals surface area contributed by atoms with Crippen molar-refractivity contribution in [3.63, 3.8) is 0 Å². The van der Waals surface area contributed by atoms with Gasteiger partial charge in [0.2, 0.25) is 11.8 Å². The number of carbonyl (C=O) groups excluding carboxylic acids is 2. The van der Waals surface area contributed by atoms with E-state index in [1.165, 1.54) is 0 Å². The molecule has 1 atom stereocenters. The first-order valence-electron chi connectivity index (χ1n) is 6.90. The molecule has 2 rings (SSSR count). The molecule has 1 fully saturated rings. The zero-order chi connectivity index (χ0) is 13.7. The Kier molecular flexibility index (Phi) is 4.60. The Balaban J connectivity index is 2.12. The first kappa shape index (κ1) is 13.6. The number of hydrogen-bond acceptors (Lipinski definition) is 2.